The average molecular weight is 404 g/mol. The number of methoxy groups -OCH3 is 1. The fraction of sp³-hybridized carbons (Fsp3) is 0.143. The van der Waals surface area contributed by atoms with E-state index in [-0.39, 0.29) is 5.75 Å². The first-order valence-corrected chi connectivity index (χ1v) is 9.07. The number of hydrogen-bond donors (Lipinski definition) is 2. The lowest BCUT2D eigenvalue weighted by Gasteiger charge is -2.15. The summed E-state index contributed by atoms with van der Waals surface area (Å²) in [6, 6.07) is 17.9. The minimum Gasteiger partial charge on any atom is -0.508 e. The molecule has 0 aliphatic carbocycles. The maximum Gasteiger partial charge on any atom is 0.163 e. The number of benzene rings is 3. The largest absolute Gasteiger partial charge is 0.508 e. The molecule has 3 aromatic carbocycles. The third kappa shape index (κ3) is 5.22. The summed E-state index contributed by atoms with van der Waals surface area (Å²) in [5.41, 5.74) is 2.71. The predicted molar refractivity (Wildman–Crippen MR) is 109 cm³/mol. The van der Waals surface area contributed by atoms with E-state index < -0.39 is 0 Å². The van der Waals surface area contributed by atoms with Crippen molar-refractivity contribution in [1.82, 2.24) is 0 Å². The lowest BCUT2D eigenvalue weighted by Crippen LogP contribution is -2.03. The van der Waals surface area contributed by atoms with Crippen LogP contribution in [0.3, 0.4) is 0 Å². The van der Waals surface area contributed by atoms with Crippen LogP contribution in [-0.2, 0) is 13.2 Å². The van der Waals surface area contributed by atoms with Gasteiger partial charge in [-0.2, -0.15) is 0 Å². The van der Waals surface area contributed by atoms with E-state index in [0.29, 0.717) is 34.7 Å². The van der Waals surface area contributed by atoms with Crippen molar-refractivity contribution in [1.29, 1.82) is 0 Å². The van der Waals surface area contributed by atoms with Crippen molar-refractivity contribution in [3.8, 4) is 17.2 Å². The Morgan fingerprint density at radius 2 is 1.74 bits per heavy atom. The van der Waals surface area contributed by atoms with Crippen LogP contribution in [0.2, 0.25) is 10.0 Å². The topological polar surface area (TPSA) is 50.7 Å². The molecular weight excluding hydrogens is 385 g/mol. The van der Waals surface area contributed by atoms with E-state index in [1.165, 1.54) is 0 Å². The Morgan fingerprint density at radius 1 is 0.963 bits per heavy atom. The Hall–Kier alpha value is -2.56. The van der Waals surface area contributed by atoms with Crippen LogP contribution in [0.5, 0.6) is 17.2 Å². The van der Waals surface area contributed by atoms with E-state index in [0.717, 1.165) is 16.8 Å². The summed E-state index contributed by atoms with van der Waals surface area (Å²) in [6.45, 7) is 0.868. The summed E-state index contributed by atoms with van der Waals surface area (Å²) in [7, 11) is 1.59. The molecule has 0 heterocycles. The molecule has 140 valence electrons. The molecule has 0 fully saturated rings. The number of phenolic OH excluding ortho intramolecular Hbond substituents is 1. The van der Waals surface area contributed by atoms with Crippen LogP contribution in [-0.4, -0.2) is 12.2 Å². The van der Waals surface area contributed by atoms with Gasteiger partial charge in [-0.25, -0.2) is 0 Å². The number of rotatable bonds is 7. The molecule has 0 aromatic heterocycles. The Labute approximate surface area is 168 Å². The average Bonchev–Trinajstić information content (AvgIpc) is 2.67. The van der Waals surface area contributed by atoms with Crippen molar-refractivity contribution in [2.75, 3.05) is 12.4 Å². The lowest BCUT2D eigenvalue weighted by molar-refractivity contribution is 0.284. The van der Waals surface area contributed by atoms with E-state index in [9.17, 15) is 5.11 Å². The number of halogens is 2. The van der Waals surface area contributed by atoms with E-state index in [1.807, 2.05) is 30.3 Å². The van der Waals surface area contributed by atoms with Crippen molar-refractivity contribution in [3.05, 3.63) is 81.8 Å². The van der Waals surface area contributed by atoms with Crippen LogP contribution in [0, 0.1) is 0 Å². The molecule has 2 N–H and O–H groups in total. The van der Waals surface area contributed by atoms with Gasteiger partial charge in [-0.3, -0.25) is 0 Å². The third-order valence-corrected chi connectivity index (χ3v) is 4.55. The lowest BCUT2D eigenvalue weighted by atomic mass is 10.2. The molecule has 0 amide bonds. The summed E-state index contributed by atoms with van der Waals surface area (Å²) < 4.78 is 11.3. The molecule has 0 unspecified atom stereocenters. The van der Waals surface area contributed by atoms with Crippen LogP contribution in [0.1, 0.15) is 11.1 Å². The molecule has 0 aliphatic rings. The zero-order valence-corrected chi connectivity index (χ0v) is 16.2. The summed E-state index contributed by atoms with van der Waals surface area (Å²) in [5, 5.41) is 13.8. The van der Waals surface area contributed by atoms with Crippen molar-refractivity contribution in [2.45, 2.75) is 13.2 Å². The quantitative estimate of drug-likeness (QED) is 0.482. The zero-order valence-electron chi connectivity index (χ0n) is 14.7. The third-order valence-electron chi connectivity index (χ3n) is 3.97. The second-order valence-electron chi connectivity index (χ2n) is 5.91. The van der Waals surface area contributed by atoms with Gasteiger partial charge in [0.15, 0.2) is 11.5 Å². The molecule has 0 spiro atoms. The molecule has 0 aliphatic heterocycles. The Morgan fingerprint density at radius 3 is 2.44 bits per heavy atom. The number of nitrogens with one attached hydrogen (secondary N) is 1. The van der Waals surface area contributed by atoms with Gasteiger partial charge in [-0.05, 0) is 53.6 Å². The van der Waals surface area contributed by atoms with Crippen LogP contribution >= 0.6 is 23.2 Å². The van der Waals surface area contributed by atoms with Crippen molar-refractivity contribution >= 4 is 28.9 Å². The minimum absolute atomic E-state index is 0.224. The molecule has 0 saturated carbocycles. The number of ether oxygens (including phenoxy) is 2. The Kier molecular flexibility index (Phi) is 6.32. The maximum atomic E-state index is 9.35. The molecule has 6 heteroatoms. The first-order valence-electron chi connectivity index (χ1n) is 8.31. The van der Waals surface area contributed by atoms with Gasteiger partial charge < -0.3 is 19.9 Å². The highest BCUT2D eigenvalue weighted by atomic mass is 35.5. The van der Waals surface area contributed by atoms with Crippen LogP contribution < -0.4 is 14.8 Å². The minimum atomic E-state index is 0.224. The number of phenols is 1. The summed E-state index contributed by atoms with van der Waals surface area (Å²) in [4.78, 5) is 0. The second-order valence-corrected chi connectivity index (χ2v) is 6.76. The Balaban J connectivity index is 1.71. The highest BCUT2D eigenvalue weighted by Crippen LogP contribution is 2.34. The van der Waals surface area contributed by atoms with E-state index >= 15 is 0 Å². The van der Waals surface area contributed by atoms with Gasteiger partial charge in [0.25, 0.3) is 0 Å². The molecule has 4 nitrogen and oxygen atoms in total. The Bertz CT molecular complexity index is 914. The first kappa shape index (κ1) is 19.2. The van der Waals surface area contributed by atoms with Crippen molar-refractivity contribution in [3.63, 3.8) is 0 Å². The van der Waals surface area contributed by atoms with E-state index in [4.69, 9.17) is 32.7 Å². The molecule has 0 radical (unpaired) electrons. The summed E-state index contributed by atoms with van der Waals surface area (Å²) in [5.74, 6) is 1.39. The van der Waals surface area contributed by atoms with Gasteiger partial charge in [0.05, 0.1) is 7.11 Å². The molecule has 0 saturated heterocycles. The van der Waals surface area contributed by atoms with Gasteiger partial charge >= 0.3 is 0 Å². The van der Waals surface area contributed by atoms with Crippen molar-refractivity contribution in [2.24, 2.45) is 0 Å². The molecular formula is C21H19Cl2NO3. The fourth-order valence-electron chi connectivity index (χ4n) is 2.55. The monoisotopic (exact) mass is 403 g/mol. The van der Waals surface area contributed by atoms with Gasteiger partial charge in [-0.15, -0.1) is 0 Å². The van der Waals surface area contributed by atoms with Crippen molar-refractivity contribution < 1.29 is 14.6 Å². The summed E-state index contributed by atoms with van der Waals surface area (Å²) >= 11 is 12.4. The smallest absolute Gasteiger partial charge is 0.163 e. The second kappa shape index (κ2) is 8.89. The van der Waals surface area contributed by atoms with Crippen LogP contribution in [0.15, 0.2) is 60.7 Å². The highest BCUT2D eigenvalue weighted by molar-refractivity contribution is 6.31. The number of aromatic hydroxyl groups is 1. The fourth-order valence-corrected chi connectivity index (χ4v) is 2.98. The van der Waals surface area contributed by atoms with Gasteiger partial charge in [0.1, 0.15) is 12.4 Å². The molecule has 3 rings (SSSR count). The van der Waals surface area contributed by atoms with Gasteiger partial charge in [0, 0.05) is 28.3 Å². The van der Waals surface area contributed by atoms with Gasteiger partial charge in [-0.1, -0.05) is 35.3 Å². The molecule has 0 bridgehead atoms. The predicted octanol–water partition coefficient (Wildman–Crippen LogP) is 5.90. The zero-order chi connectivity index (χ0) is 19.2. The standard InChI is InChI=1S/C21H19Cl2NO3/c1-26-20-10-15(12-24-17-5-7-18(25)8-6-17)19(23)11-21(20)27-13-14-3-2-4-16(22)9-14/h2-11,24-25H,12-13H2,1H3. The number of hydrogen-bond acceptors (Lipinski definition) is 4. The first-order chi connectivity index (χ1) is 13.0. The molecule has 3 aromatic rings. The van der Waals surface area contributed by atoms with Gasteiger partial charge in [0.2, 0.25) is 0 Å². The summed E-state index contributed by atoms with van der Waals surface area (Å²) in [6.07, 6.45) is 0. The highest BCUT2D eigenvalue weighted by Gasteiger charge is 2.11. The van der Waals surface area contributed by atoms with E-state index in [2.05, 4.69) is 5.32 Å². The van der Waals surface area contributed by atoms with Crippen LogP contribution in [0.4, 0.5) is 5.69 Å². The number of anilines is 1. The normalized spacial score (nSPS) is 10.5. The molecule has 27 heavy (non-hydrogen) atoms. The molecule has 0 atom stereocenters. The SMILES string of the molecule is COc1cc(CNc2ccc(O)cc2)c(Cl)cc1OCc1cccc(Cl)c1. The van der Waals surface area contributed by atoms with Crippen LogP contribution in [0.25, 0.3) is 0 Å². The van der Waals surface area contributed by atoms with E-state index in [1.54, 1.807) is 37.4 Å². The maximum absolute atomic E-state index is 9.35.